The van der Waals surface area contributed by atoms with Crippen LogP contribution in [0.5, 0.6) is 0 Å². The van der Waals surface area contributed by atoms with Gasteiger partial charge in [0.1, 0.15) is 5.01 Å². The van der Waals surface area contributed by atoms with Crippen molar-refractivity contribution in [2.75, 3.05) is 31.2 Å². The highest BCUT2D eigenvalue weighted by Crippen LogP contribution is 2.38. The molecule has 0 atom stereocenters. The number of benzene rings is 2. The Hall–Kier alpha value is -3.03. The van der Waals surface area contributed by atoms with E-state index >= 15 is 0 Å². The van der Waals surface area contributed by atoms with Gasteiger partial charge in [-0.1, -0.05) is 58.9 Å². The maximum atomic E-state index is 6.26. The Morgan fingerprint density at radius 3 is 2.07 bits per heavy atom. The summed E-state index contributed by atoms with van der Waals surface area (Å²) in [4.78, 5) is 7.01. The van der Waals surface area contributed by atoms with Crippen molar-refractivity contribution in [3.05, 3.63) is 59.7 Å². The minimum absolute atomic E-state index is 0.596. The summed E-state index contributed by atoms with van der Waals surface area (Å²) in [5.74, 6) is 1.33. The zero-order chi connectivity index (χ0) is 20.5. The Morgan fingerprint density at radius 2 is 1.40 bits per heavy atom. The summed E-state index contributed by atoms with van der Waals surface area (Å²) < 4.78 is 11.8. The summed E-state index contributed by atoms with van der Waals surface area (Å²) in [5.41, 5.74) is 5.16. The topological polar surface area (TPSA) is 64.3 Å². The van der Waals surface area contributed by atoms with E-state index in [-0.39, 0.29) is 0 Å². The maximum absolute atomic E-state index is 6.26. The Labute approximate surface area is 179 Å². The fourth-order valence-electron chi connectivity index (χ4n) is 3.38. The molecule has 0 unspecified atom stereocenters. The number of rotatable bonds is 4. The van der Waals surface area contributed by atoms with E-state index in [1.807, 2.05) is 12.1 Å². The van der Waals surface area contributed by atoms with Crippen molar-refractivity contribution in [2.45, 2.75) is 13.8 Å². The molecule has 0 aliphatic carbocycles. The molecule has 1 fully saturated rings. The molecule has 152 valence electrons. The highest BCUT2D eigenvalue weighted by molar-refractivity contribution is 7.17. The lowest BCUT2D eigenvalue weighted by molar-refractivity contribution is 0.121. The third-order valence-corrected chi connectivity index (χ3v) is 6.11. The Bertz CT molecular complexity index is 1140. The van der Waals surface area contributed by atoms with Gasteiger partial charge in [-0.25, -0.2) is 4.98 Å². The lowest BCUT2D eigenvalue weighted by Crippen LogP contribution is -2.36. The molecular formula is C23H22N4O2S. The van der Waals surface area contributed by atoms with Crippen molar-refractivity contribution in [1.82, 2.24) is 15.2 Å². The predicted molar refractivity (Wildman–Crippen MR) is 119 cm³/mol. The molecule has 4 aromatic rings. The minimum Gasteiger partial charge on any atom is -0.420 e. The van der Waals surface area contributed by atoms with Crippen LogP contribution in [0.3, 0.4) is 0 Å². The van der Waals surface area contributed by atoms with Gasteiger partial charge in [0.15, 0.2) is 10.7 Å². The van der Waals surface area contributed by atoms with Crippen molar-refractivity contribution in [3.8, 4) is 32.7 Å². The monoisotopic (exact) mass is 418 g/mol. The summed E-state index contributed by atoms with van der Waals surface area (Å²) in [6, 6.07) is 16.5. The van der Waals surface area contributed by atoms with Crippen molar-refractivity contribution < 1.29 is 9.15 Å². The first-order chi connectivity index (χ1) is 14.7. The number of hydrogen-bond donors (Lipinski definition) is 0. The third kappa shape index (κ3) is 3.74. The third-order valence-electron chi connectivity index (χ3n) is 5.13. The fourth-order valence-corrected chi connectivity index (χ4v) is 4.21. The van der Waals surface area contributed by atoms with Crippen LogP contribution in [0.4, 0.5) is 5.88 Å². The molecule has 1 aliphatic heterocycles. The molecule has 0 spiro atoms. The van der Waals surface area contributed by atoms with Crippen LogP contribution in [0.15, 0.2) is 52.9 Å². The zero-order valence-corrected chi connectivity index (χ0v) is 17.8. The van der Waals surface area contributed by atoms with E-state index in [9.17, 15) is 0 Å². The van der Waals surface area contributed by atoms with Gasteiger partial charge >= 0.3 is 0 Å². The van der Waals surface area contributed by atoms with E-state index < -0.39 is 0 Å². The number of anilines is 1. The van der Waals surface area contributed by atoms with E-state index in [0.717, 1.165) is 45.8 Å². The summed E-state index contributed by atoms with van der Waals surface area (Å²) in [5, 5.41) is 10.5. The van der Waals surface area contributed by atoms with Gasteiger partial charge < -0.3 is 14.1 Å². The van der Waals surface area contributed by atoms with Crippen LogP contribution in [-0.2, 0) is 4.74 Å². The highest BCUT2D eigenvalue weighted by atomic mass is 32.1. The van der Waals surface area contributed by atoms with Gasteiger partial charge in [0.25, 0.3) is 0 Å². The summed E-state index contributed by atoms with van der Waals surface area (Å²) in [7, 11) is 0. The molecule has 6 nitrogen and oxygen atoms in total. The second-order valence-corrected chi connectivity index (χ2v) is 8.39. The van der Waals surface area contributed by atoms with Crippen LogP contribution in [-0.4, -0.2) is 41.5 Å². The van der Waals surface area contributed by atoms with Crippen molar-refractivity contribution in [2.24, 2.45) is 0 Å². The Balaban J connectivity index is 1.56. The molecule has 0 radical (unpaired) electrons. The van der Waals surface area contributed by atoms with Crippen LogP contribution < -0.4 is 4.90 Å². The molecule has 0 bridgehead atoms. The quantitative estimate of drug-likeness (QED) is 0.466. The lowest BCUT2D eigenvalue weighted by Gasteiger charge is -2.26. The molecule has 0 amide bonds. The van der Waals surface area contributed by atoms with Crippen LogP contribution >= 0.6 is 11.3 Å². The molecule has 1 aliphatic rings. The van der Waals surface area contributed by atoms with Crippen LogP contribution in [0, 0.1) is 13.8 Å². The highest BCUT2D eigenvalue weighted by Gasteiger charge is 2.26. The fraction of sp³-hybridized carbons (Fsp3) is 0.261. The van der Waals surface area contributed by atoms with Crippen molar-refractivity contribution in [1.29, 1.82) is 0 Å². The molecule has 2 aromatic carbocycles. The molecule has 3 heterocycles. The van der Waals surface area contributed by atoms with Crippen LogP contribution in [0.2, 0.25) is 0 Å². The molecule has 0 N–H and O–H groups in total. The molecule has 5 rings (SSSR count). The van der Waals surface area contributed by atoms with Crippen molar-refractivity contribution in [3.63, 3.8) is 0 Å². The molecule has 7 heteroatoms. The number of aromatic nitrogens is 3. The molecule has 1 saturated heterocycles. The van der Waals surface area contributed by atoms with Gasteiger partial charge in [0.2, 0.25) is 11.8 Å². The number of ether oxygens (including phenoxy) is 1. The van der Waals surface area contributed by atoms with Crippen LogP contribution in [0.25, 0.3) is 32.7 Å². The number of morpholine rings is 1. The van der Waals surface area contributed by atoms with Gasteiger partial charge in [-0.15, -0.1) is 10.2 Å². The SMILES string of the molecule is Cc1ccc(-c2nc(-c3nnc(-c4ccc(C)cc4)s3)c(N3CCOCC3)o2)cc1. The maximum Gasteiger partial charge on any atom is 0.229 e. The summed E-state index contributed by atoms with van der Waals surface area (Å²) in [6.07, 6.45) is 0. The Morgan fingerprint density at radius 1 is 0.800 bits per heavy atom. The first-order valence-electron chi connectivity index (χ1n) is 9.99. The second kappa shape index (κ2) is 8.01. The first-order valence-corrected chi connectivity index (χ1v) is 10.8. The number of nitrogens with zero attached hydrogens (tertiary/aromatic N) is 4. The number of aryl methyl sites for hydroxylation is 2. The van der Waals surface area contributed by atoms with Crippen LogP contribution in [0.1, 0.15) is 11.1 Å². The van der Waals surface area contributed by atoms with Gasteiger partial charge in [0.05, 0.1) is 13.2 Å². The summed E-state index contributed by atoms with van der Waals surface area (Å²) in [6.45, 7) is 7.01. The normalized spacial score (nSPS) is 14.3. The first kappa shape index (κ1) is 19.0. The minimum atomic E-state index is 0.596. The standard InChI is InChI=1S/C23H22N4O2S/c1-15-3-7-17(8-4-15)20-24-19(23(29-20)27-11-13-28-14-12-27)22-26-25-21(30-22)18-9-5-16(2)6-10-18/h3-10H,11-14H2,1-2H3. The van der Waals surface area contributed by atoms with Gasteiger partial charge in [-0.2, -0.15) is 0 Å². The van der Waals surface area contributed by atoms with E-state index in [2.05, 4.69) is 65.3 Å². The average molecular weight is 419 g/mol. The van der Waals surface area contributed by atoms with E-state index in [0.29, 0.717) is 19.1 Å². The van der Waals surface area contributed by atoms with Gasteiger partial charge in [0, 0.05) is 24.2 Å². The van der Waals surface area contributed by atoms with E-state index in [4.69, 9.17) is 14.1 Å². The Kier molecular flexibility index (Phi) is 5.06. The molecule has 0 saturated carbocycles. The molecule has 2 aromatic heterocycles. The van der Waals surface area contributed by atoms with E-state index in [1.54, 1.807) is 0 Å². The molecule has 30 heavy (non-hydrogen) atoms. The molecular weight excluding hydrogens is 396 g/mol. The van der Waals surface area contributed by atoms with E-state index in [1.165, 1.54) is 22.5 Å². The predicted octanol–water partition coefficient (Wildman–Crippen LogP) is 4.98. The smallest absolute Gasteiger partial charge is 0.229 e. The summed E-state index contributed by atoms with van der Waals surface area (Å²) >= 11 is 1.53. The largest absolute Gasteiger partial charge is 0.420 e. The van der Waals surface area contributed by atoms with Gasteiger partial charge in [-0.05, 0) is 26.0 Å². The van der Waals surface area contributed by atoms with Crippen molar-refractivity contribution >= 4 is 17.2 Å². The van der Waals surface area contributed by atoms with Gasteiger partial charge in [-0.3, -0.25) is 0 Å². The zero-order valence-electron chi connectivity index (χ0n) is 17.0. The average Bonchev–Trinajstić information content (AvgIpc) is 3.43. The number of hydrogen-bond acceptors (Lipinski definition) is 7. The number of oxazole rings is 1. The lowest BCUT2D eigenvalue weighted by atomic mass is 10.1. The second-order valence-electron chi connectivity index (χ2n) is 7.42.